The maximum Gasteiger partial charge on any atom is 0.288 e. The third-order valence-corrected chi connectivity index (χ3v) is 4.24. The Morgan fingerprint density at radius 3 is 2.54 bits per heavy atom. The molecule has 0 fully saturated rings. The lowest BCUT2D eigenvalue weighted by Gasteiger charge is -2.20. The Kier molecular flexibility index (Phi) is 5.57. The summed E-state index contributed by atoms with van der Waals surface area (Å²) in [6.07, 6.45) is 0.714. The van der Waals surface area contributed by atoms with Crippen LogP contribution in [0.5, 0.6) is 0 Å². The van der Waals surface area contributed by atoms with E-state index in [9.17, 15) is 14.9 Å². The lowest BCUT2D eigenvalue weighted by Crippen LogP contribution is -2.28. The van der Waals surface area contributed by atoms with E-state index in [-0.39, 0.29) is 28.2 Å². The van der Waals surface area contributed by atoms with E-state index in [4.69, 9.17) is 11.6 Å². The van der Waals surface area contributed by atoms with Gasteiger partial charge in [0, 0.05) is 11.6 Å². The van der Waals surface area contributed by atoms with Gasteiger partial charge < -0.3 is 5.32 Å². The molecule has 0 radical (unpaired) electrons. The van der Waals surface area contributed by atoms with E-state index in [1.165, 1.54) is 18.2 Å². The van der Waals surface area contributed by atoms with Crippen molar-refractivity contribution >= 4 is 23.2 Å². The van der Waals surface area contributed by atoms with Gasteiger partial charge in [0.2, 0.25) is 0 Å². The summed E-state index contributed by atoms with van der Waals surface area (Å²) in [4.78, 5) is 22.8. The van der Waals surface area contributed by atoms with Crippen LogP contribution in [-0.4, -0.2) is 10.8 Å². The Balaban J connectivity index is 2.27. The summed E-state index contributed by atoms with van der Waals surface area (Å²) in [7, 11) is 0. The second kappa shape index (κ2) is 7.45. The number of aryl methyl sites for hydroxylation is 2. The van der Waals surface area contributed by atoms with E-state index in [1.54, 1.807) is 0 Å². The average molecular weight is 347 g/mol. The first kappa shape index (κ1) is 17.9. The molecule has 0 aliphatic carbocycles. The molecular weight excluding hydrogens is 328 g/mol. The molecule has 0 bridgehead atoms. The summed E-state index contributed by atoms with van der Waals surface area (Å²) in [5, 5.41) is 13.9. The lowest BCUT2D eigenvalue weighted by molar-refractivity contribution is -0.384. The SMILES string of the molecule is CC[C@H](NC(=O)c1ccc(Cl)c([N+](=O)[O-])c1)c1ccc(C)cc1C. The Morgan fingerprint density at radius 2 is 1.96 bits per heavy atom. The van der Waals surface area contributed by atoms with Gasteiger partial charge in [0.1, 0.15) is 5.02 Å². The van der Waals surface area contributed by atoms with Crippen LogP contribution in [0.15, 0.2) is 36.4 Å². The molecule has 126 valence electrons. The minimum atomic E-state index is -0.597. The molecule has 0 aliphatic heterocycles. The predicted molar refractivity (Wildman–Crippen MR) is 94.5 cm³/mol. The lowest BCUT2D eigenvalue weighted by atomic mass is 9.97. The zero-order chi connectivity index (χ0) is 17.9. The van der Waals surface area contributed by atoms with E-state index in [1.807, 2.05) is 32.9 Å². The number of carbonyl (C=O) groups excluding carboxylic acids is 1. The number of nitro benzene ring substituents is 1. The quantitative estimate of drug-likeness (QED) is 0.627. The summed E-state index contributed by atoms with van der Waals surface area (Å²) < 4.78 is 0. The number of carbonyl (C=O) groups is 1. The van der Waals surface area contributed by atoms with Crippen LogP contribution < -0.4 is 5.32 Å². The molecule has 0 saturated heterocycles. The van der Waals surface area contributed by atoms with Crippen molar-refractivity contribution < 1.29 is 9.72 Å². The molecule has 6 heteroatoms. The minimum absolute atomic E-state index is 0.0120. The zero-order valence-electron chi connectivity index (χ0n) is 13.8. The summed E-state index contributed by atoms with van der Waals surface area (Å²) in [5.74, 6) is -0.360. The van der Waals surface area contributed by atoms with Gasteiger partial charge in [-0.1, -0.05) is 42.3 Å². The normalized spacial score (nSPS) is 11.8. The molecular formula is C18H19ClN2O3. The van der Waals surface area contributed by atoms with Gasteiger partial charge >= 0.3 is 0 Å². The molecule has 0 spiro atoms. The van der Waals surface area contributed by atoms with Gasteiger partial charge in [-0.25, -0.2) is 0 Å². The topological polar surface area (TPSA) is 72.2 Å². The van der Waals surface area contributed by atoms with Gasteiger partial charge in [0.05, 0.1) is 11.0 Å². The molecule has 1 N–H and O–H groups in total. The van der Waals surface area contributed by atoms with Crippen molar-refractivity contribution in [1.82, 2.24) is 5.32 Å². The fraction of sp³-hybridized carbons (Fsp3) is 0.278. The fourth-order valence-electron chi connectivity index (χ4n) is 2.65. The second-order valence-corrected chi connectivity index (χ2v) is 6.12. The highest BCUT2D eigenvalue weighted by atomic mass is 35.5. The van der Waals surface area contributed by atoms with Crippen molar-refractivity contribution in [2.75, 3.05) is 0 Å². The van der Waals surface area contributed by atoms with Gasteiger partial charge in [-0.15, -0.1) is 0 Å². The van der Waals surface area contributed by atoms with E-state index in [0.29, 0.717) is 6.42 Å². The Bertz CT molecular complexity index is 790. The number of hydrogen-bond acceptors (Lipinski definition) is 3. The molecule has 0 heterocycles. The van der Waals surface area contributed by atoms with Crippen LogP contribution >= 0.6 is 11.6 Å². The van der Waals surface area contributed by atoms with Gasteiger partial charge in [0.25, 0.3) is 11.6 Å². The highest BCUT2D eigenvalue weighted by molar-refractivity contribution is 6.32. The number of benzene rings is 2. The summed E-state index contributed by atoms with van der Waals surface area (Å²) in [6, 6.07) is 9.97. The molecule has 24 heavy (non-hydrogen) atoms. The number of nitro groups is 1. The van der Waals surface area contributed by atoms with Crippen LogP contribution in [0.3, 0.4) is 0 Å². The highest BCUT2D eigenvalue weighted by Crippen LogP contribution is 2.26. The van der Waals surface area contributed by atoms with Crippen LogP contribution in [-0.2, 0) is 0 Å². The number of halogens is 1. The molecule has 0 aliphatic rings. The average Bonchev–Trinajstić information content (AvgIpc) is 2.53. The van der Waals surface area contributed by atoms with Crippen LogP contribution in [0.1, 0.15) is 46.4 Å². The first-order valence-electron chi connectivity index (χ1n) is 7.65. The van der Waals surface area contributed by atoms with E-state index < -0.39 is 4.92 Å². The number of rotatable bonds is 5. The third kappa shape index (κ3) is 3.92. The van der Waals surface area contributed by atoms with Crippen molar-refractivity contribution in [3.63, 3.8) is 0 Å². The molecule has 2 aromatic carbocycles. The molecule has 0 unspecified atom stereocenters. The first-order valence-corrected chi connectivity index (χ1v) is 8.03. The molecule has 0 saturated carbocycles. The zero-order valence-corrected chi connectivity index (χ0v) is 14.6. The maximum absolute atomic E-state index is 12.5. The monoisotopic (exact) mass is 346 g/mol. The molecule has 2 aromatic rings. The molecule has 5 nitrogen and oxygen atoms in total. The van der Waals surface area contributed by atoms with Crippen molar-refractivity contribution in [2.24, 2.45) is 0 Å². The van der Waals surface area contributed by atoms with Crippen molar-refractivity contribution in [1.29, 1.82) is 0 Å². The van der Waals surface area contributed by atoms with Crippen molar-refractivity contribution in [3.8, 4) is 0 Å². The van der Waals surface area contributed by atoms with E-state index in [2.05, 4.69) is 11.4 Å². The van der Waals surface area contributed by atoms with E-state index in [0.717, 1.165) is 16.7 Å². The maximum atomic E-state index is 12.5. The number of hydrogen-bond donors (Lipinski definition) is 1. The van der Waals surface area contributed by atoms with Gasteiger partial charge in [-0.2, -0.15) is 0 Å². The van der Waals surface area contributed by atoms with Gasteiger partial charge in [0.15, 0.2) is 0 Å². The van der Waals surface area contributed by atoms with Crippen LogP contribution in [0.2, 0.25) is 5.02 Å². The number of nitrogens with zero attached hydrogens (tertiary/aromatic N) is 1. The number of amides is 1. The second-order valence-electron chi connectivity index (χ2n) is 5.72. The highest BCUT2D eigenvalue weighted by Gasteiger charge is 2.19. The smallest absolute Gasteiger partial charge is 0.288 e. The molecule has 2 rings (SSSR count). The number of nitrogens with one attached hydrogen (secondary N) is 1. The Hall–Kier alpha value is -2.40. The molecule has 1 atom stereocenters. The van der Waals surface area contributed by atoms with Crippen LogP contribution in [0.25, 0.3) is 0 Å². The van der Waals surface area contributed by atoms with Crippen molar-refractivity contribution in [2.45, 2.75) is 33.2 Å². The largest absolute Gasteiger partial charge is 0.345 e. The predicted octanol–water partition coefficient (Wildman–Crippen LogP) is 4.75. The summed E-state index contributed by atoms with van der Waals surface area (Å²) in [6.45, 7) is 6.00. The molecule has 1 amide bonds. The van der Waals surface area contributed by atoms with Gasteiger partial charge in [-0.05, 0) is 43.5 Å². The Labute approximate surface area is 145 Å². The van der Waals surface area contributed by atoms with Gasteiger partial charge in [-0.3, -0.25) is 14.9 Å². The summed E-state index contributed by atoms with van der Waals surface area (Å²) in [5.41, 5.74) is 3.24. The standard InChI is InChI=1S/C18H19ClN2O3/c1-4-16(14-7-5-11(2)9-12(14)3)20-18(22)13-6-8-15(19)17(10-13)21(23)24/h5-10,16H,4H2,1-3H3,(H,20,22)/t16-/m0/s1. The van der Waals surface area contributed by atoms with Crippen LogP contribution in [0, 0.1) is 24.0 Å². The fourth-order valence-corrected chi connectivity index (χ4v) is 2.84. The third-order valence-electron chi connectivity index (χ3n) is 3.92. The first-order chi connectivity index (χ1) is 11.3. The Morgan fingerprint density at radius 1 is 1.25 bits per heavy atom. The minimum Gasteiger partial charge on any atom is -0.345 e. The van der Waals surface area contributed by atoms with Crippen LogP contribution in [0.4, 0.5) is 5.69 Å². The van der Waals surface area contributed by atoms with E-state index >= 15 is 0 Å². The summed E-state index contributed by atoms with van der Waals surface area (Å²) >= 11 is 5.79. The molecule has 0 aromatic heterocycles. The van der Waals surface area contributed by atoms with Crippen molar-refractivity contribution in [3.05, 3.63) is 73.8 Å².